The standard InChI is InChI=1S/C23H37NO5.ClH/c1-8-22(3,4)13-20(26)28-18-11-10-16(17(25)15-24-7)12-19(18)29-21(27)14-23(5,6)9-2;/h10-12,17,24-25H,8-9,13-15H2,1-7H3;1H. The van der Waals surface area contributed by atoms with E-state index in [1.165, 1.54) is 0 Å². The summed E-state index contributed by atoms with van der Waals surface area (Å²) in [6.45, 7) is 12.4. The second-order valence-electron chi connectivity index (χ2n) is 9.12. The quantitative estimate of drug-likeness (QED) is 0.376. The number of likely N-dealkylation sites (N-methyl/N-ethyl adjacent to an activating group) is 1. The van der Waals surface area contributed by atoms with Gasteiger partial charge in [0.1, 0.15) is 0 Å². The molecular weight excluding hydrogens is 406 g/mol. The average Bonchev–Trinajstić information content (AvgIpc) is 2.62. The van der Waals surface area contributed by atoms with Crippen molar-refractivity contribution in [2.45, 2.75) is 73.3 Å². The van der Waals surface area contributed by atoms with Crippen LogP contribution in [0.5, 0.6) is 11.5 Å². The fourth-order valence-corrected chi connectivity index (χ4v) is 2.56. The van der Waals surface area contributed by atoms with Crippen LogP contribution in [-0.2, 0) is 9.59 Å². The highest BCUT2D eigenvalue weighted by Crippen LogP contribution is 2.34. The Morgan fingerprint density at radius 1 is 0.967 bits per heavy atom. The highest BCUT2D eigenvalue weighted by atomic mass is 35.5. The zero-order valence-electron chi connectivity index (χ0n) is 19.3. The van der Waals surface area contributed by atoms with Gasteiger partial charge in [0.15, 0.2) is 11.5 Å². The van der Waals surface area contributed by atoms with E-state index < -0.39 is 12.1 Å². The lowest BCUT2D eigenvalue weighted by molar-refractivity contribution is -0.139. The topological polar surface area (TPSA) is 84.9 Å². The number of halogens is 1. The lowest BCUT2D eigenvalue weighted by Gasteiger charge is -2.23. The van der Waals surface area contributed by atoms with E-state index in [2.05, 4.69) is 5.32 Å². The highest BCUT2D eigenvalue weighted by molar-refractivity contribution is 5.85. The number of hydrogen-bond donors (Lipinski definition) is 2. The molecule has 1 rings (SSSR count). The molecule has 0 amide bonds. The largest absolute Gasteiger partial charge is 0.422 e. The van der Waals surface area contributed by atoms with Crippen molar-refractivity contribution in [1.29, 1.82) is 0 Å². The molecule has 0 aliphatic heterocycles. The van der Waals surface area contributed by atoms with E-state index in [9.17, 15) is 14.7 Å². The third-order valence-corrected chi connectivity index (χ3v) is 5.36. The zero-order valence-corrected chi connectivity index (χ0v) is 20.1. The van der Waals surface area contributed by atoms with Gasteiger partial charge in [-0.3, -0.25) is 9.59 Å². The molecule has 1 aromatic carbocycles. The van der Waals surface area contributed by atoms with E-state index in [1.54, 1.807) is 25.2 Å². The Kier molecular flexibility index (Phi) is 11.6. The van der Waals surface area contributed by atoms with Crippen molar-refractivity contribution in [3.05, 3.63) is 23.8 Å². The molecule has 0 saturated carbocycles. The molecule has 0 heterocycles. The van der Waals surface area contributed by atoms with Crippen molar-refractivity contribution in [2.24, 2.45) is 10.8 Å². The molecule has 0 aromatic heterocycles. The molecule has 0 spiro atoms. The van der Waals surface area contributed by atoms with Gasteiger partial charge in [0.2, 0.25) is 0 Å². The van der Waals surface area contributed by atoms with Crippen LogP contribution in [-0.4, -0.2) is 30.6 Å². The van der Waals surface area contributed by atoms with E-state index >= 15 is 0 Å². The number of hydrogen-bond acceptors (Lipinski definition) is 6. The van der Waals surface area contributed by atoms with Crippen molar-refractivity contribution < 1.29 is 24.2 Å². The summed E-state index contributed by atoms with van der Waals surface area (Å²) in [6, 6.07) is 4.80. The molecule has 6 nitrogen and oxygen atoms in total. The van der Waals surface area contributed by atoms with Crippen molar-refractivity contribution in [2.75, 3.05) is 13.6 Å². The monoisotopic (exact) mass is 443 g/mol. The van der Waals surface area contributed by atoms with Gasteiger partial charge in [0.05, 0.1) is 18.9 Å². The van der Waals surface area contributed by atoms with Crippen LogP contribution >= 0.6 is 12.4 Å². The lowest BCUT2D eigenvalue weighted by Crippen LogP contribution is -2.22. The maximum absolute atomic E-state index is 12.5. The van der Waals surface area contributed by atoms with Crippen molar-refractivity contribution in [3.8, 4) is 11.5 Å². The van der Waals surface area contributed by atoms with Gasteiger partial charge in [-0.2, -0.15) is 0 Å². The van der Waals surface area contributed by atoms with Gasteiger partial charge in [0, 0.05) is 6.54 Å². The van der Waals surface area contributed by atoms with Gasteiger partial charge in [-0.15, -0.1) is 12.4 Å². The Bertz CT molecular complexity index is 703. The first-order valence-corrected chi connectivity index (χ1v) is 10.3. The van der Waals surface area contributed by atoms with Crippen LogP contribution in [0.15, 0.2) is 18.2 Å². The van der Waals surface area contributed by atoms with Gasteiger partial charge in [-0.25, -0.2) is 0 Å². The summed E-state index contributed by atoms with van der Waals surface area (Å²) < 4.78 is 11.1. The Balaban J connectivity index is 0.00000841. The molecular formula is C23H38ClNO5. The molecule has 0 radical (unpaired) electrons. The lowest BCUT2D eigenvalue weighted by atomic mass is 9.87. The number of nitrogens with one attached hydrogen (secondary N) is 1. The molecule has 30 heavy (non-hydrogen) atoms. The van der Waals surface area contributed by atoms with E-state index in [0.717, 1.165) is 12.8 Å². The Labute approximate surface area is 187 Å². The molecule has 1 unspecified atom stereocenters. The smallest absolute Gasteiger partial charge is 0.311 e. The summed E-state index contributed by atoms with van der Waals surface area (Å²) in [6.07, 6.45) is 1.39. The SMILES string of the molecule is CCC(C)(C)CC(=O)Oc1ccc(C(O)CNC)cc1OC(=O)CC(C)(C)CC.Cl. The van der Waals surface area contributed by atoms with Gasteiger partial charge in [-0.1, -0.05) is 60.5 Å². The fraction of sp³-hybridized carbons (Fsp3) is 0.652. The minimum absolute atomic E-state index is 0. The van der Waals surface area contributed by atoms with Gasteiger partial charge in [0.25, 0.3) is 0 Å². The first-order valence-electron chi connectivity index (χ1n) is 10.3. The number of benzene rings is 1. The summed E-state index contributed by atoms with van der Waals surface area (Å²) in [5.41, 5.74) is 0.204. The fourth-order valence-electron chi connectivity index (χ4n) is 2.56. The molecule has 0 fully saturated rings. The summed E-state index contributed by atoms with van der Waals surface area (Å²) in [5.74, 6) is -0.447. The Hall–Kier alpha value is -1.63. The van der Waals surface area contributed by atoms with E-state index in [4.69, 9.17) is 9.47 Å². The second kappa shape index (κ2) is 12.3. The number of aliphatic hydroxyl groups excluding tert-OH is 1. The molecule has 7 heteroatoms. The first kappa shape index (κ1) is 28.4. The Morgan fingerprint density at radius 3 is 1.87 bits per heavy atom. The molecule has 0 aliphatic rings. The van der Waals surface area contributed by atoms with E-state index in [1.807, 2.05) is 41.5 Å². The summed E-state index contributed by atoms with van der Waals surface area (Å²) in [7, 11) is 1.74. The second-order valence-corrected chi connectivity index (χ2v) is 9.12. The number of carbonyl (C=O) groups excluding carboxylic acids is 2. The third kappa shape index (κ3) is 9.45. The van der Waals surface area contributed by atoms with Crippen LogP contribution < -0.4 is 14.8 Å². The van der Waals surface area contributed by atoms with Crippen LogP contribution in [0.25, 0.3) is 0 Å². The van der Waals surface area contributed by atoms with Crippen molar-refractivity contribution in [1.82, 2.24) is 5.32 Å². The molecule has 0 bridgehead atoms. The van der Waals surface area contributed by atoms with Crippen LogP contribution in [0.3, 0.4) is 0 Å². The van der Waals surface area contributed by atoms with E-state index in [0.29, 0.717) is 12.1 Å². The molecule has 1 aromatic rings. The third-order valence-electron chi connectivity index (χ3n) is 5.36. The van der Waals surface area contributed by atoms with Gasteiger partial charge >= 0.3 is 11.9 Å². The number of rotatable bonds is 11. The molecule has 2 N–H and O–H groups in total. The summed E-state index contributed by atoms with van der Waals surface area (Å²) >= 11 is 0. The average molecular weight is 444 g/mol. The van der Waals surface area contributed by atoms with Crippen molar-refractivity contribution >= 4 is 24.3 Å². The molecule has 0 saturated heterocycles. The van der Waals surface area contributed by atoms with Gasteiger partial charge in [-0.05, 0) is 35.6 Å². The van der Waals surface area contributed by atoms with Crippen LogP contribution in [0.2, 0.25) is 0 Å². The number of aliphatic hydroxyl groups is 1. The zero-order chi connectivity index (χ0) is 22.2. The molecule has 172 valence electrons. The maximum Gasteiger partial charge on any atom is 0.311 e. The van der Waals surface area contributed by atoms with Crippen LogP contribution in [0.1, 0.15) is 78.9 Å². The normalized spacial score (nSPS) is 12.7. The highest BCUT2D eigenvalue weighted by Gasteiger charge is 2.25. The summed E-state index contributed by atoms with van der Waals surface area (Å²) in [4.78, 5) is 24.9. The predicted molar refractivity (Wildman–Crippen MR) is 121 cm³/mol. The first-order chi connectivity index (χ1) is 13.4. The van der Waals surface area contributed by atoms with Crippen LogP contribution in [0, 0.1) is 10.8 Å². The number of carbonyl (C=O) groups is 2. The number of ether oxygens (including phenoxy) is 2. The molecule has 0 aliphatic carbocycles. The van der Waals surface area contributed by atoms with Gasteiger partial charge < -0.3 is 19.9 Å². The van der Waals surface area contributed by atoms with Crippen molar-refractivity contribution in [3.63, 3.8) is 0 Å². The maximum atomic E-state index is 12.5. The summed E-state index contributed by atoms with van der Waals surface area (Å²) in [5, 5.41) is 13.2. The minimum atomic E-state index is -0.770. The predicted octanol–water partition coefficient (Wildman–Crippen LogP) is 4.82. The number of esters is 2. The Morgan fingerprint density at radius 2 is 1.43 bits per heavy atom. The molecule has 1 atom stereocenters. The minimum Gasteiger partial charge on any atom is -0.422 e. The van der Waals surface area contributed by atoms with E-state index in [-0.39, 0.29) is 53.5 Å². The van der Waals surface area contributed by atoms with Crippen LogP contribution in [0.4, 0.5) is 0 Å².